The molecule has 2 nitrogen and oxygen atoms in total. The van der Waals surface area contributed by atoms with Crippen LogP contribution in [0.25, 0.3) is 0 Å². The van der Waals surface area contributed by atoms with Crippen molar-refractivity contribution in [3.05, 3.63) is 27.7 Å². The van der Waals surface area contributed by atoms with Crippen LogP contribution in [0.2, 0.25) is 0 Å². The van der Waals surface area contributed by atoms with E-state index in [9.17, 15) is 13.6 Å². The van der Waals surface area contributed by atoms with Crippen LogP contribution in [0, 0.1) is 6.92 Å². The van der Waals surface area contributed by atoms with Crippen molar-refractivity contribution in [3.63, 3.8) is 0 Å². The molecule has 0 aliphatic rings. The Morgan fingerprint density at radius 3 is 2.64 bits per heavy atom. The van der Waals surface area contributed by atoms with Crippen molar-refractivity contribution in [2.45, 2.75) is 13.5 Å². The maximum absolute atomic E-state index is 11.9. The van der Waals surface area contributed by atoms with Crippen LogP contribution in [-0.4, -0.2) is 12.9 Å². The molecule has 0 aliphatic carbocycles. The van der Waals surface area contributed by atoms with Gasteiger partial charge < -0.3 is 4.74 Å². The predicted molar refractivity (Wildman–Crippen MR) is 50.9 cm³/mol. The Morgan fingerprint density at radius 2 is 2.14 bits per heavy atom. The third-order valence-electron chi connectivity index (χ3n) is 1.57. The molecule has 0 aromatic heterocycles. The molecule has 0 bridgehead atoms. The second-order valence-corrected chi connectivity index (χ2v) is 3.51. The van der Waals surface area contributed by atoms with Crippen LogP contribution in [0.3, 0.4) is 0 Å². The Labute approximate surface area is 88.0 Å². The highest BCUT2D eigenvalue weighted by atomic mass is 79.9. The number of ether oxygens (including phenoxy) is 1. The molecule has 1 rings (SSSR count). The number of carbonyl (C=O) groups excluding carboxylic acids is 1. The van der Waals surface area contributed by atoms with E-state index in [0.717, 1.165) is 5.56 Å². The first-order chi connectivity index (χ1) is 6.54. The van der Waals surface area contributed by atoms with Gasteiger partial charge in [-0.15, -0.1) is 0 Å². The maximum atomic E-state index is 11.9. The SMILES string of the molecule is Cc1cc(Br)c(C=O)c(OC(F)F)c1. The standard InChI is InChI=1S/C9H7BrF2O2/c1-5-2-7(10)6(4-13)8(3-5)14-9(11)12/h2-4,9H,1H3. The number of aldehydes is 1. The Kier molecular flexibility index (Phi) is 3.57. The number of hydrogen-bond acceptors (Lipinski definition) is 2. The van der Waals surface area contributed by atoms with Crippen LogP contribution >= 0.6 is 15.9 Å². The van der Waals surface area contributed by atoms with E-state index in [0.29, 0.717) is 10.8 Å². The van der Waals surface area contributed by atoms with Crippen molar-refractivity contribution in [1.82, 2.24) is 0 Å². The number of benzene rings is 1. The van der Waals surface area contributed by atoms with Gasteiger partial charge >= 0.3 is 6.61 Å². The molecule has 0 radical (unpaired) electrons. The summed E-state index contributed by atoms with van der Waals surface area (Å²) in [6, 6.07) is 3.04. The Bertz CT molecular complexity index is 353. The highest BCUT2D eigenvalue weighted by Crippen LogP contribution is 2.28. The minimum absolute atomic E-state index is 0.0934. The quantitative estimate of drug-likeness (QED) is 0.784. The first-order valence-corrected chi connectivity index (χ1v) is 4.54. The zero-order valence-corrected chi connectivity index (χ0v) is 8.85. The smallest absolute Gasteiger partial charge is 0.387 e. The molecule has 0 aliphatic heterocycles. The van der Waals surface area contributed by atoms with E-state index in [1.165, 1.54) is 6.07 Å². The van der Waals surface area contributed by atoms with Gasteiger partial charge in [-0.3, -0.25) is 4.79 Å². The number of rotatable bonds is 3. The summed E-state index contributed by atoms with van der Waals surface area (Å²) in [5.74, 6) is -0.109. The lowest BCUT2D eigenvalue weighted by atomic mass is 10.1. The van der Waals surface area contributed by atoms with Gasteiger partial charge in [-0.25, -0.2) is 0 Å². The molecule has 14 heavy (non-hydrogen) atoms. The molecule has 0 spiro atoms. The molecular formula is C9H7BrF2O2. The number of halogens is 3. The summed E-state index contributed by atoms with van der Waals surface area (Å²) in [5, 5.41) is 0. The largest absolute Gasteiger partial charge is 0.434 e. The fraction of sp³-hybridized carbons (Fsp3) is 0.222. The zero-order chi connectivity index (χ0) is 10.7. The summed E-state index contributed by atoms with van der Waals surface area (Å²) >= 11 is 3.09. The Hall–Kier alpha value is -0.970. The minimum atomic E-state index is -2.93. The number of alkyl halides is 2. The van der Waals surface area contributed by atoms with Crippen molar-refractivity contribution < 1.29 is 18.3 Å². The van der Waals surface area contributed by atoms with Crippen LogP contribution in [0.5, 0.6) is 5.75 Å². The van der Waals surface area contributed by atoms with E-state index in [-0.39, 0.29) is 11.3 Å². The zero-order valence-electron chi connectivity index (χ0n) is 7.26. The molecule has 76 valence electrons. The normalized spacial score (nSPS) is 10.4. The lowest BCUT2D eigenvalue weighted by molar-refractivity contribution is -0.0501. The molecule has 0 saturated carbocycles. The van der Waals surface area contributed by atoms with Gasteiger partial charge in [0.2, 0.25) is 0 Å². The predicted octanol–water partition coefficient (Wildman–Crippen LogP) is 3.17. The van der Waals surface area contributed by atoms with Crippen LogP contribution < -0.4 is 4.74 Å². The van der Waals surface area contributed by atoms with Crippen LogP contribution in [-0.2, 0) is 0 Å². The van der Waals surface area contributed by atoms with Gasteiger partial charge in [0.05, 0.1) is 5.56 Å². The maximum Gasteiger partial charge on any atom is 0.387 e. The molecule has 5 heteroatoms. The van der Waals surface area contributed by atoms with E-state index in [1.807, 2.05) is 0 Å². The third-order valence-corrected chi connectivity index (χ3v) is 2.23. The summed E-state index contributed by atoms with van der Waals surface area (Å²) in [6.45, 7) is -1.21. The van der Waals surface area contributed by atoms with Gasteiger partial charge in [0.1, 0.15) is 5.75 Å². The fourth-order valence-electron chi connectivity index (χ4n) is 1.03. The summed E-state index contributed by atoms with van der Waals surface area (Å²) in [7, 11) is 0. The summed E-state index contributed by atoms with van der Waals surface area (Å²) in [5.41, 5.74) is 0.828. The van der Waals surface area contributed by atoms with E-state index in [1.54, 1.807) is 13.0 Å². The topological polar surface area (TPSA) is 26.3 Å². The third kappa shape index (κ3) is 2.51. The summed E-state index contributed by atoms with van der Waals surface area (Å²) < 4.78 is 28.5. The molecule has 0 heterocycles. The van der Waals surface area contributed by atoms with E-state index >= 15 is 0 Å². The van der Waals surface area contributed by atoms with Gasteiger partial charge in [-0.1, -0.05) is 0 Å². The number of aryl methyl sites for hydroxylation is 1. The average Bonchev–Trinajstić information content (AvgIpc) is 2.01. The van der Waals surface area contributed by atoms with E-state index < -0.39 is 6.61 Å². The van der Waals surface area contributed by atoms with Gasteiger partial charge in [0.15, 0.2) is 6.29 Å². The van der Waals surface area contributed by atoms with Gasteiger partial charge in [0, 0.05) is 4.47 Å². The van der Waals surface area contributed by atoms with Crippen LogP contribution in [0.1, 0.15) is 15.9 Å². The van der Waals surface area contributed by atoms with Crippen molar-refractivity contribution in [3.8, 4) is 5.75 Å². The lowest BCUT2D eigenvalue weighted by Gasteiger charge is -2.09. The fourth-order valence-corrected chi connectivity index (χ4v) is 1.68. The second-order valence-electron chi connectivity index (χ2n) is 2.65. The van der Waals surface area contributed by atoms with Gasteiger partial charge in [-0.05, 0) is 40.5 Å². The van der Waals surface area contributed by atoms with Crippen LogP contribution in [0.15, 0.2) is 16.6 Å². The highest BCUT2D eigenvalue weighted by Gasteiger charge is 2.12. The summed E-state index contributed by atoms with van der Waals surface area (Å²) in [6.07, 6.45) is 0.473. The summed E-state index contributed by atoms with van der Waals surface area (Å²) in [4.78, 5) is 10.6. The lowest BCUT2D eigenvalue weighted by Crippen LogP contribution is -2.05. The van der Waals surface area contributed by atoms with Crippen molar-refractivity contribution in [2.24, 2.45) is 0 Å². The number of carbonyl (C=O) groups is 1. The van der Waals surface area contributed by atoms with Crippen molar-refractivity contribution >= 4 is 22.2 Å². The molecule has 0 N–H and O–H groups in total. The first-order valence-electron chi connectivity index (χ1n) is 3.74. The van der Waals surface area contributed by atoms with E-state index in [2.05, 4.69) is 20.7 Å². The first kappa shape index (κ1) is 11.1. The molecule has 1 aromatic rings. The minimum Gasteiger partial charge on any atom is -0.434 e. The van der Waals surface area contributed by atoms with Crippen molar-refractivity contribution in [1.29, 1.82) is 0 Å². The Balaban J connectivity index is 3.17. The molecule has 0 unspecified atom stereocenters. The van der Waals surface area contributed by atoms with Gasteiger partial charge in [-0.2, -0.15) is 8.78 Å². The van der Waals surface area contributed by atoms with Crippen molar-refractivity contribution in [2.75, 3.05) is 0 Å². The average molecular weight is 265 g/mol. The molecule has 0 atom stereocenters. The molecular weight excluding hydrogens is 258 g/mol. The second kappa shape index (κ2) is 4.50. The highest BCUT2D eigenvalue weighted by molar-refractivity contribution is 9.10. The molecule has 0 amide bonds. The monoisotopic (exact) mass is 264 g/mol. The molecule has 0 fully saturated rings. The number of hydrogen-bond donors (Lipinski definition) is 0. The van der Waals surface area contributed by atoms with E-state index in [4.69, 9.17) is 0 Å². The Morgan fingerprint density at radius 1 is 1.50 bits per heavy atom. The van der Waals surface area contributed by atoms with Crippen LogP contribution in [0.4, 0.5) is 8.78 Å². The molecule has 1 aromatic carbocycles. The van der Waals surface area contributed by atoms with Gasteiger partial charge in [0.25, 0.3) is 0 Å². The molecule has 0 saturated heterocycles.